The smallest absolute Gasteiger partial charge is 0.231 e. The van der Waals surface area contributed by atoms with Crippen molar-refractivity contribution in [2.24, 2.45) is 0 Å². The van der Waals surface area contributed by atoms with Gasteiger partial charge in [0.15, 0.2) is 17.1 Å². The number of H-pyrrole nitrogens is 1. The third-order valence-electron chi connectivity index (χ3n) is 3.03. The number of hydrogen-bond donors (Lipinski definition) is 2. The summed E-state index contributed by atoms with van der Waals surface area (Å²) in [5.74, 6) is 1.82. The zero-order chi connectivity index (χ0) is 12.8. The van der Waals surface area contributed by atoms with Crippen molar-refractivity contribution in [3.05, 3.63) is 24.5 Å². The Morgan fingerprint density at radius 2 is 2.05 bits per heavy atom. The molecule has 1 aliphatic rings. The van der Waals surface area contributed by atoms with Gasteiger partial charge in [-0.1, -0.05) is 0 Å². The first kappa shape index (κ1) is 10.1. The van der Waals surface area contributed by atoms with Crippen LogP contribution >= 0.6 is 0 Å². The van der Waals surface area contributed by atoms with E-state index in [0.29, 0.717) is 28.3 Å². The second-order valence-electron chi connectivity index (χ2n) is 4.12. The van der Waals surface area contributed by atoms with Crippen LogP contribution in [-0.4, -0.2) is 27.0 Å². The van der Waals surface area contributed by atoms with Gasteiger partial charge >= 0.3 is 0 Å². The van der Waals surface area contributed by atoms with Gasteiger partial charge in [0.25, 0.3) is 0 Å². The topological polar surface area (TPSA) is 98.9 Å². The molecule has 0 unspecified atom stereocenters. The van der Waals surface area contributed by atoms with Gasteiger partial charge in [0.05, 0.1) is 5.39 Å². The number of nitrogen functional groups attached to an aromatic ring is 1. The minimum atomic E-state index is 0.241. The average Bonchev–Trinajstić information content (AvgIpc) is 3.04. The van der Waals surface area contributed by atoms with E-state index in [4.69, 9.17) is 15.2 Å². The fourth-order valence-electron chi connectivity index (χ4n) is 2.13. The number of aromatic amines is 1. The number of ether oxygens (including phenoxy) is 2. The molecular formula is C12H9N5O2. The highest BCUT2D eigenvalue weighted by molar-refractivity contribution is 5.98. The quantitative estimate of drug-likeness (QED) is 0.680. The fraction of sp³-hybridized carbons (Fsp3) is 0.0833. The lowest BCUT2D eigenvalue weighted by Crippen LogP contribution is -1.93. The standard InChI is InChI=1S/C12H9N5O2/c13-11-9-10(16-17-12(9)15-4-14-11)6-1-2-7-8(3-6)19-5-18-7/h1-4H,5H2,(H3,13,14,15,16,17). The highest BCUT2D eigenvalue weighted by Gasteiger charge is 2.17. The van der Waals surface area contributed by atoms with E-state index in [1.54, 1.807) is 0 Å². The Hall–Kier alpha value is -2.83. The van der Waals surface area contributed by atoms with Crippen molar-refractivity contribution in [2.75, 3.05) is 12.5 Å². The lowest BCUT2D eigenvalue weighted by molar-refractivity contribution is 0.174. The molecule has 0 saturated heterocycles. The summed E-state index contributed by atoms with van der Waals surface area (Å²) >= 11 is 0. The van der Waals surface area contributed by atoms with E-state index in [1.807, 2.05) is 18.2 Å². The van der Waals surface area contributed by atoms with Crippen LogP contribution in [0.25, 0.3) is 22.3 Å². The van der Waals surface area contributed by atoms with E-state index < -0.39 is 0 Å². The summed E-state index contributed by atoms with van der Waals surface area (Å²) in [4.78, 5) is 8.08. The molecule has 0 atom stereocenters. The summed E-state index contributed by atoms with van der Waals surface area (Å²) in [6.07, 6.45) is 1.40. The van der Waals surface area contributed by atoms with Crippen molar-refractivity contribution in [3.63, 3.8) is 0 Å². The van der Waals surface area contributed by atoms with Gasteiger partial charge in [-0.2, -0.15) is 5.10 Å². The van der Waals surface area contributed by atoms with E-state index in [0.717, 1.165) is 11.3 Å². The number of nitrogens with one attached hydrogen (secondary N) is 1. The highest BCUT2D eigenvalue weighted by atomic mass is 16.7. The van der Waals surface area contributed by atoms with Crippen LogP contribution in [0.2, 0.25) is 0 Å². The lowest BCUT2D eigenvalue weighted by atomic mass is 10.1. The lowest BCUT2D eigenvalue weighted by Gasteiger charge is -2.01. The van der Waals surface area contributed by atoms with Gasteiger partial charge in [0, 0.05) is 5.56 Å². The first-order chi connectivity index (χ1) is 9.33. The molecule has 0 bridgehead atoms. The van der Waals surface area contributed by atoms with Crippen LogP contribution in [0.5, 0.6) is 11.5 Å². The monoisotopic (exact) mass is 255 g/mol. The molecule has 0 fully saturated rings. The maximum Gasteiger partial charge on any atom is 0.231 e. The van der Waals surface area contributed by atoms with Gasteiger partial charge in [-0.25, -0.2) is 9.97 Å². The summed E-state index contributed by atoms with van der Waals surface area (Å²) in [5.41, 5.74) is 8.07. The molecule has 2 aromatic heterocycles. The Bertz CT molecular complexity index is 783. The van der Waals surface area contributed by atoms with Crippen LogP contribution < -0.4 is 15.2 Å². The predicted molar refractivity (Wildman–Crippen MR) is 67.7 cm³/mol. The van der Waals surface area contributed by atoms with Crippen LogP contribution in [0.15, 0.2) is 24.5 Å². The van der Waals surface area contributed by atoms with Crippen LogP contribution in [0.4, 0.5) is 5.82 Å². The first-order valence-electron chi connectivity index (χ1n) is 5.67. The molecule has 0 amide bonds. The summed E-state index contributed by atoms with van der Waals surface area (Å²) < 4.78 is 10.6. The predicted octanol–water partition coefficient (Wildman–Crippen LogP) is 1.33. The highest BCUT2D eigenvalue weighted by Crippen LogP contribution is 2.37. The van der Waals surface area contributed by atoms with Crippen LogP contribution in [0.3, 0.4) is 0 Å². The first-order valence-corrected chi connectivity index (χ1v) is 5.67. The van der Waals surface area contributed by atoms with Crippen molar-refractivity contribution >= 4 is 16.9 Å². The van der Waals surface area contributed by atoms with E-state index in [1.165, 1.54) is 6.33 Å². The largest absolute Gasteiger partial charge is 0.454 e. The van der Waals surface area contributed by atoms with Gasteiger partial charge in [0.1, 0.15) is 17.8 Å². The number of nitrogens with two attached hydrogens (primary N) is 1. The molecule has 3 aromatic rings. The molecule has 0 aliphatic carbocycles. The average molecular weight is 255 g/mol. The molecule has 1 aromatic carbocycles. The van der Waals surface area contributed by atoms with Gasteiger partial charge in [0.2, 0.25) is 6.79 Å². The number of anilines is 1. The second kappa shape index (κ2) is 3.58. The molecule has 0 saturated carbocycles. The Kier molecular flexibility index (Phi) is 1.91. The van der Waals surface area contributed by atoms with Crippen molar-refractivity contribution in [1.82, 2.24) is 20.2 Å². The Labute approximate surface area is 107 Å². The molecule has 3 N–H and O–H groups in total. The van der Waals surface area contributed by atoms with Gasteiger partial charge in [-0.3, -0.25) is 5.10 Å². The van der Waals surface area contributed by atoms with Crippen LogP contribution in [0, 0.1) is 0 Å². The van der Waals surface area contributed by atoms with Crippen molar-refractivity contribution in [3.8, 4) is 22.8 Å². The molecule has 3 heterocycles. The van der Waals surface area contributed by atoms with Crippen molar-refractivity contribution < 1.29 is 9.47 Å². The minimum absolute atomic E-state index is 0.241. The van der Waals surface area contributed by atoms with Crippen molar-refractivity contribution in [1.29, 1.82) is 0 Å². The number of aromatic nitrogens is 4. The zero-order valence-electron chi connectivity index (χ0n) is 9.75. The molecular weight excluding hydrogens is 246 g/mol. The normalized spacial score (nSPS) is 13.1. The number of fused-ring (bicyclic) bond motifs is 2. The second-order valence-corrected chi connectivity index (χ2v) is 4.12. The maximum atomic E-state index is 5.88. The van der Waals surface area contributed by atoms with E-state index >= 15 is 0 Å². The molecule has 0 radical (unpaired) electrons. The van der Waals surface area contributed by atoms with Crippen molar-refractivity contribution in [2.45, 2.75) is 0 Å². The summed E-state index contributed by atoms with van der Waals surface area (Å²) in [6.45, 7) is 0.241. The third-order valence-corrected chi connectivity index (χ3v) is 3.03. The summed E-state index contributed by atoms with van der Waals surface area (Å²) in [7, 11) is 0. The molecule has 0 spiro atoms. The van der Waals surface area contributed by atoms with E-state index in [9.17, 15) is 0 Å². The molecule has 7 nitrogen and oxygen atoms in total. The fourth-order valence-corrected chi connectivity index (χ4v) is 2.13. The Morgan fingerprint density at radius 3 is 3.00 bits per heavy atom. The van der Waals surface area contributed by atoms with E-state index in [-0.39, 0.29) is 6.79 Å². The zero-order valence-corrected chi connectivity index (χ0v) is 9.75. The third kappa shape index (κ3) is 1.41. The van der Waals surface area contributed by atoms with E-state index in [2.05, 4.69) is 20.2 Å². The van der Waals surface area contributed by atoms with Crippen LogP contribution in [-0.2, 0) is 0 Å². The number of rotatable bonds is 1. The number of hydrogen-bond acceptors (Lipinski definition) is 6. The molecule has 7 heteroatoms. The maximum absolute atomic E-state index is 5.88. The number of nitrogens with zero attached hydrogens (tertiary/aromatic N) is 3. The Morgan fingerprint density at radius 1 is 1.16 bits per heavy atom. The van der Waals surface area contributed by atoms with Gasteiger partial charge in [-0.05, 0) is 18.2 Å². The molecule has 94 valence electrons. The Balaban J connectivity index is 1.95. The minimum Gasteiger partial charge on any atom is -0.454 e. The SMILES string of the molecule is Nc1ncnc2[nH]nc(-c3ccc4c(c3)OCO4)c12. The number of benzene rings is 1. The molecule has 4 rings (SSSR count). The molecule has 1 aliphatic heterocycles. The van der Waals surface area contributed by atoms with Gasteiger partial charge < -0.3 is 15.2 Å². The summed E-state index contributed by atoms with van der Waals surface area (Å²) in [6, 6.07) is 5.61. The van der Waals surface area contributed by atoms with Gasteiger partial charge in [-0.15, -0.1) is 0 Å². The molecule has 19 heavy (non-hydrogen) atoms. The van der Waals surface area contributed by atoms with Crippen LogP contribution in [0.1, 0.15) is 0 Å². The summed E-state index contributed by atoms with van der Waals surface area (Å²) in [5, 5.41) is 7.80.